The molecule has 2 aliphatic rings. The Morgan fingerprint density at radius 1 is 1.29 bits per heavy atom. The van der Waals surface area contributed by atoms with E-state index in [2.05, 4.69) is 6.92 Å². The summed E-state index contributed by atoms with van der Waals surface area (Å²) >= 11 is 0. The topological polar surface area (TPSA) is 26.0 Å². The van der Waals surface area contributed by atoms with Crippen LogP contribution in [0, 0.1) is 11.3 Å². The standard InChI is InChI=1S/C13H25N/c1-2-13(9-3-4-10-13)12(14)8-7-11-5-6-11/h11-12H,2-10,14H2,1H3. The van der Waals surface area contributed by atoms with Gasteiger partial charge in [-0.05, 0) is 43.4 Å². The van der Waals surface area contributed by atoms with Crippen LogP contribution in [-0.2, 0) is 0 Å². The van der Waals surface area contributed by atoms with Gasteiger partial charge in [0, 0.05) is 6.04 Å². The van der Waals surface area contributed by atoms with Gasteiger partial charge in [0.05, 0.1) is 0 Å². The highest BCUT2D eigenvalue weighted by Gasteiger charge is 2.38. The molecule has 2 rings (SSSR count). The first kappa shape index (κ1) is 10.5. The van der Waals surface area contributed by atoms with E-state index in [1.807, 2.05) is 0 Å². The molecular weight excluding hydrogens is 170 g/mol. The van der Waals surface area contributed by atoms with Gasteiger partial charge < -0.3 is 5.73 Å². The third-order valence-electron chi connectivity index (χ3n) is 4.67. The molecule has 0 heterocycles. The minimum absolute atomic E-state index is 0.496. The van der Waals surface area contributed by atoms with Gasteiger partial charge in [-0.15, -0.1) is 0 Å². The van der Waals surface area contributed by atoms with E-state index < -0.39 is 0 Å². The molecule has 0 aromatic heterocycles. The molecule has 0 saturated heterocycles. The molecule has 1 atom stereocenters. The van der Waals surface area contributed by atoms with Gasteiger partial charge in [0.15, 0.2) is 0 Å². The second-order valence-electron chi connectivity index (χ2n) is 5.55. The molecule has 2 aliphatic carbocycles. The summed E-state index contributed by atoms with van der Waals surface area (Å²) in [7, 11) is 0. The van der Waals surface area contributed by atoms with Gasteiger partial charge in [0.25, 0.3) is 0 Å². The molecule has 0 bridgehead atoms. The molecule has 1 nitrogen and oxygen atoms in total. The van der Waals surface area contributed by atoms with E-state index in [9.17, 15) is 0 Å². The van der Waals surface area contributed by atoms with Crippen molar-refractivity contribution in [3.8, 4) is 0 Å². The zero-order valence-corrected chi connectivity index (χ0v) is 9.60. The van der Waals surface area contributed by atoms with Crippen molar-refractivity contribution in [2.75, 3.05) is 0 Å². The van der Waals surface area contributed by atoms with E-state index in [0.29, 0.717) is 11.5 Å². The molecule has 0 radical (unpaired) electrons. The van der Waals surface area contributed by atoms with Crippen molar-refractivity contribution in [1.29, 1.82) is 0 Å². The Hall–Kier alpha value is -0.0400. The van der Waals surface area contributed by atoms with Crippen molar-refractivity contribution in [3.05, 3.63) is 0 Å². The maximum atomic E-state index is 6.40. The van der Waals surface area contributed by atoms with Crippen LogP contribution in [0.4, 0.5) is 0 Å². The fourth-order valence-electron chi connectivity index (χ4n) is 3.19. The Morgan fingerprint density at radius 2 is 1.93 bits per heavy atom. The fourth-order valence-corrected chi connectivity index (χ4v) is 3.19. The molecule has 0 aromatic rings. The Balaban J connectivity index is 1.82. The fraction of sp³-hybridized carbons (Fsp3) is 1.00. The molecule has 2 fully saturated rings. The van der Waals surface area contributed by atoms with Crippen molar-refractivity contribution in [3.63, 3.8) is 0 Å². The lowest BCUT2D eigenvalue weighted by Gasteiger charge is -2.34. The van der Waals surface area contributed by atoms with Crippen molar-refractivity contribution in [2.24, 2.45) is 17.1 Å². The van der Waals surface area contributed by atoms with Crippen LogP contribution >= 0.6 is 0 Å². The van der Waals surface area contributed by atoms with Crippen LogP contribution in [0.15, 0.2) is 0 Å². The predicted molar refractivity (Wildman–Crippen MR) is 61.1 cm³/mol. The number of rotatable bonds is 5. The van der Waals surface area contributed by atoms with Gasteiger partial charge in [-0.25, -0.2) is 0 Å². The van der Waals surface area contributed by atoms with Gasteiger partial charge in [-0.3, -0.25) is 0 Å². The SMILES string of the molecule is CCC1(C(N)CCC2CC2)CCCC1. The van der Waals surface area contributed by atoms with E-state index in [-0.39, 0.29) is 0 Å². The quantitative estimate of drug-likeness (QED) is 0.714. The molecule has 0 amide bonds. The first-order chi connectivity index (χ1) is 6.77. The third-order valence-corrected chi connectivity index (χ3v) is 4.67. The average Bonchev–Trinajstić information content (AvgIpc) is 2.90. The molecular formula is C13H25N. The molecule has 1 heteroatoms. The van der Waals surface area contributed by atoms with E-state index in [1.165, 1.54) is 57.8 Å². The van der Waals surface area contributed by atoms with Gasteiger partial charge in [-0.1, -0.05) is 32.6 Å². The monoisotopic (exact) mass is 195 g/mol. The summed E-state index contributed by atoms with van der Waals surface area (Å²) in [4.78, 5) is 0. The summed E-state index contributed by atoms with van der Waals surface area (Å²) in [5.74, 6) is 1.05. The van der Waals surface area contributed by atoms with Crippen LogP contribution in [0.1, 0.15) is 64.7 Å². The van der Waals surface area contributed by atoms with Crippen molar-refractivity contribution in [2.45, 2.75) is 70.8 Å². The molecule has 2 N–H and O–H groups in total. The highest BCUT2D eigenvalue weighted by Crippen LogP contribution is 2.45. The molecule has 1 unspecified atom stereocenters. The number of hydrogen-bond acceptors (Lipinski definition) is 1. The normalized spacial score (nSPS) is 27.9. The summed E-state index contributed by atoms with van der Waals surface area (Å²) in [6, 6.07) is 0.496. The molecule has 82 valence electrons. The first-order valence-corrected chi connectivity index (χ1v) is 6.52. The average molecular weight is 195 g/mol. The Bertz CT molecular complexity index is 178. The van der Waals surface area contributed by atoms with Crippen LogP contribution in [0.5, 0.6) is 0 Å². The van der Waals surface area contributed by atoms with E-state index in [1.54, 1.807) is 0 Å². The van der Waals surface area contributed by atoms with Gasteiger partial charge in [0.2, 0.25) is 0 Å². The molecule has 0 spiro atoms. The molecule has 0 aliphatic heterocycles. The van der Waals surface area contributed by atoms with Gasteiger partial charge in [0.1, 0.15) is 0 Å². The Labute approximate surface area is 88.4 Å². The van der Waals surface area contributed by atoms with Gasteiger partial charge >= 0.3 is 0 Å². The van der Waals surface area contributed by atoms with Crippen molar-refractivity contribution in [1.82, 2.24) is 0 Å². The van der Waals surface area contributed by atoms with Crippen molar-refractivity contribution < 1.29 is 0 Å². The number of nitrogens with two attached hydrogens (primary N) is 1. The molecule has 14 heavy (non-hydrogen) atoms. The summed E-state index contributed by atoms with van der Waals surface area (Å²) in [5, 5.41) is 0. The predicted octanol–water partition coefficient (Wildman–Crippen LogP) is 3.47. The zero-order chi connectivity index (χ0) is 10.0. The minimum atomic E-state index is 0.496. The van der Waals surface area contributed by atoms with E-state index in [0.717, 1.165) is 5.92 Å². The minimum Gasteiger partial charge on any atom is -0.327 e. The molecule has 2 saturated carbocycles. The van der Waals surface area contributed by atoms with Crippen LogP contribution in [0.25, 0.3) is 0 Å². The number of hydrogen-bond donors (Lipinski definition) is 1. The molecule has 0 aromatic carbocycles. The van der Waals surface area contributed by atoms with Crippen molar-refractivity contribution >= 4 is 0 Å². The highest BCUT2D eigenvalue weighted by atomic mass is 14.7. The first-order valence-electron chi connectivity index (χ1n) is 6.52. The van der Waals surface area contributed by atoms with Crippen LogP contribution in [-0.4, -0.2) is 6.04 Å². The van der Waals surface area contributed by atoms with E-state index in [4.69, 9.17) is 5.73 Å². The van der Waals surface area contributed by atoms with Crippen LogP contribution in [0.3, 0.4) is 0 Å². The lowest BCUT2D eigenvalue weighted by Crippen LogP contribution is -2.39. The summed E-state index contributed by atoms with van der Waals surface area (Å²) in [5.41, 5.74) is 6.94. The summed E-state index contributed by atoms with van der Waals surface area (Å²) in [6.07, 6.45) is 12.6. The highest BCUT2D eigenvalue weighted by molar-refractivity contribution is 4.92. The van der Waals surface area contributed by atoms with Crippen LogP contribution in [0.2, 0.25) is 0 Å². The second kappa shape index (κ2) is 4.22. The van der Waals surface area contributed by atoms with Gasteiger partial charge in [-0.2, -0.15) is 0 Å². The van der Waals surface area contributed by atoms with E-state index >= 15 is 0 Å². The van der Waals surface area contributed by atoms with Crippen LogP contribution < -0.4 is 5.73 Å². The summed E-state index contributed by atoms with van der Waals surface area (Å²) < 4.78 is 0. The summed E-state index contributed by atoms with van der Waals surface area (Å²) in [6.45, 7) is 2.34. The third kappa shape index (κ3) is 2.13. The maximum absolute atomic E-state index is 6.40. The second-order valence-corrected chi connectivity index (χ2v) is 5.55. The maximum Gasteiger partial charge on any atom is 0.00955 e. The smallest absolute Gasteiger partial charge is 0.00955 e. The lowest BCUT2D eigenvalue weighted by molar-refractivity contribution is 0.206. The Kier molecular flexibility index (Phi) is 3.16. The largest absolute Gasteiger partial charge is 0.327 e. The lowest BCUT2D eigenvalue weighted by atomic mass is 9.75. The Morgan fingerprint density at radius 3 is 2.43 bits per heavy atom. The zero-order valence-electron chi connectivity index (χ0n) is 9.60.